The first kappa shape index (κ1) is 10.0. The summed E-state index contributed by atoms with van der Waals surface area (Å²) in [5, 5.41) is 3.20. The molecule has 0 aromatic carbocycles. The third-order valence-corrected chi connectivity index (χ3v) is 1.72. The number of hydrogen-bond acceptors (Lipinski definition) is 4. The number of carbonyl (C=O) groups is 1. The first-order valence-electron chi connectivity index (χ1n) is 4.31. The van der Waals surface area contributed by atoms with Gasteiger partial charge in [-0.15, -0.1) is 0 Å². The fourth-order valence-corrected chi connectivity index (χ4v) is 1.04. The lowest BCUT2D eigenvalue weighted by atomic mass is 10.5. The van der Waals surface area contributed by atoms with Gasteiger partial charge >= 0.3 is 5.97 Å². The molecule has 0 aliphatic carbocycles. The van der Waals surface area contributed by atoms with Crippen LogP contribution in [0.15, 0.2) is 0 Å². The van der Waals surface area contributed by atoms with Crippen LogP contribution >= 0.6 is 0 Å². The summed E-state index contributed by atoms with van der Waals surface area (Å²) < 4.78 is 4.66. The van der Waals surface area contributed by atoms with Gasteiger partial charge in [-0.1, -0.05) is 11.8 Å². The Bertz CT molecular complexity index is 224. The molecule has 0 saturated carbocycles. The fraction of sp³-hybridized carbons (Fsp3) is 0.667. The zero-order valence-corrected chi connectivity index (χ0v) is 7.80. The molecule has 1 aliphatic rings. The smallest absolute Gasteiger partial charge is 0.303 e. The van der Waals surface area contributed by atoms with Crippen molar-refractivity contribution in [2.75, 3.05) is 32.9 Å². The van der Waals surface area contributed by atoms with E-state index < -0.39 is 0 Å². The van der Waals surface area contributed by atoms with Crippen LogP contribution in [-0.4, -0.2) is 43.8 Å². The van der Waals surface area contributed by atoms with Crippen LogP contribution in [0.1, 0.15) is 6.92 Å². The number of carbonyl (C=O) groups excluding carboxylic acids is 1. The molecule has 0 atom stereocenters. The molecule has 1 heterocycles. The monoisotopic (exact) mass is 182 g/mol. The van der Waals surface area contributed by atoms with Crippen molar-refractivity contribution in [3.05, 3.63) is 0 Å². The van der Waals surface area contributed by atoms with E-state index in [1.54, 1.807) is 0 Å². The van der Waals surface area contributed by atoms with Crippen LogP contribution in [0.2, 0.25) is 0 Å². The second kappa shape index (κ2) is 5.57. The molecule has 72 valence electrons. The van der Waals surface area contributed by atoms with Crippen LogP contribution in [-0.2, 0) is 9.53 Å². The highest BCUT2D eigenvalue weighted by atomic mass is 16.5. The van der Waals surface area contributed by atoms with Gasteiger partial charge < -0.3 is 10.1 Å². The van der Waals surface area contributed by atoms with Crippen molar-refractivity contribution in [1.29, 1.82) is 0 Å². The summed E-state index contributed by atoms with van der Waals surface area (Å²) in [5.41, 5.74) is 0. The van der Waals surface area contributed by atoms with Crippen molar-refractivity contribution in [3.63, 3.8) is 0 Å². The molecule has 0 unspecified atom stereocenters. The zero-order chi connectivity index (χ0) is 9.52. The highest BCUT2D eigenvalue weighted by Gasteiger charge is 2.07. The Morgan fingerprint density at radius 3 is 3.08 bits per heavy atom. The topological polar surface area (TPSA) is 41.6 Å². The van der Waals surface area contributed by atoms with Crippen molar-refractivity contribution in [1.82, 2.24) is 10.2 Å². The van der Waals surface area contributed by atoms with Crippen molar-refractivity contribution in [2.45, 2.75) is 6.92 Å². The molecule has 1 saturated heterocycles. The minimum Gasteiger partial charge on any atom is -0.453 e. The third kappa shape index (κ3) is 4.51. The van der Waals surface area contributed by atoms with E-state index in [2.05, 4.69) is 26.8 Å². The van der Waals surface area contributed by atoms with Gasteiger partial charge in [-0.3, -0.25) is 9.69 Å². The quantitative estimate of drug-likeness (QED) is 0.458. The summed E-state index contributed by atoms with van der Waals surface area (Å²) in [6, 6.07) is 0. The molecule has 0 aromatic heterocycles. The summed E-state index contributed by atoms with van der Waals surface area (Å²) in [5.74, 6) is 5.44. The molecule has 4 nitrogen and oxygen atoms in total. The molecule has 0 aromatic rings. The van der Waals surface area contributed by atoms with Crippen LogP contribution in [0.3, 0.4) is 0 Å². The van der Waals surface area contributed by atoms with Crippen LogP contribution in [0, 0.1) is 11.8 Å². The largest absolute Gasteiger partial charge is 0.453 e. The van der Waals surface area contributed by atoms with E-state index in [4.69, 9.17) is 0 Å². The second-order valence-corrected chi connectivity index (χ2v) is 2.84. The van der Waals surface area contributed by atoms with Crippen molar-refractivity contribution in [2.24, 2.45) is 0 Å². The normalized spacial score (nSPS) is 16.4. The van der Waals surface area contributed by atoms with Gasteiger partial charge in [-0.25, -0.2) is 0 Å². The zero-order valence-electron chi connectivity index (χ0n) is 7.80. The lowest BCUT2D eigenvalue weighted by Crippen LogP contribution is -2.22. The third-order valence-electron chi connectivity index (χ3n) is 1.72. The highest BCUT2D eigenvalue weighted by Crippen LogP contribution is 1.89. The number of esters is 1. The number of ether oxygens (including phenoxy) is 1. The molecule has 0 radical (unpaired) electrons. The maximum Gasteiger partial charge on any atom is 0.303 e. The van der Waals surface area contributed by atoms with E-state index in [9.17, 15) is 4.79 Å². The van der Waals surface area contributed by atoms with Crippen LogP contribution in [0.5, 0.6) is 0 Å². The fourth-order valence-electron chi connectivity index (χ4n) is 1.04. The predicted molar refractivity (Wildman–Crippen MR) is 48.9 cm³/mol. The van der Waals surface area contributed by atoms with Gasteiger partial charge in [0.15, 0.2) is 6.61 Å². The van der Waals surface area contributed by atoms with Gasteiger partial charge in [-0.2, -0.15) is 0 Å². The van der Waals surface area contributed by atoms with Crippen LogP contribution in [0.25, 0.3) is 0 Å². The Morgan fingerprint density at radius 2 is 2.46 bits per heavy atom. The Hall–Kier alpha value is -1.05. The molecule has 1 N–H and O–H groups in total. The molecule has 1 fully saturated rings. The Morgan fingerprint density at radius 1 is 1.62 bits per heavy atom. The Labute approximate surface area is 78.2 Å². The van der Waals surface area contributed by atoms with Gasteiger partial charge in [0.05, 0.1) is 6.54 Å². The van der Waals surface area contributed by atoms with E-state index in [0.717, 1.165) is 26.3 Å². The van der Waals surface area contributed by atoms with Gasteiger partial charge in [0.1, 0.15) is 0 Å². The number of rotatable bonds is 2. The first-order valence-corrected chi connectivity index (χ1v) is 4.31. The number of hydrogen-bond donors (Lipinski definition) is 1. The van der Waals surface area contributed by atoms with E-state index in [1.165, 1.54) is 6.92 Å². The van der Waals surface area contributed by atoms with E-state index in [1.807, 2.05) is 0 Å². The maximum absolute atomic E-state index is 10.4. The summed E-state index contributed by atoms with van der Waals surface area (Å²) >= 11 is 0. The van der Waals surface area contributed by atoms with E-state index in [0.29, 0.717) is 0 Å². The van der Waals surface area contributed by atoms with Gasteiger partial charge in [0.25, 0.3) is 0 Å². The van der Waals surface area contributed by atoms with E-state index >= 15 is 0 Å². The average Bonchev–Trinajstić information content (AvgIpc) is 2.55. The lowest BCUT2D eigenvalue weighted by Gasteiger charge is -2.07. The first-order chi connectivity index (χ1) is 6.29. The minimum absolute atomic E-state index is 0.205. The second-order valence-electron chi connectivity index (χ2n) is 2.84. The molecular formula is C9H14N2O2. The molecule has 1 rings (SSSR count). The summed E-state index contributed by atoms with van der Waals surface area (Å²) in [6.07, 6.45) is 0. The molecule has 0 amide bonds. The average molecular weight is 182 g/mol. The molecule has 13 heavy (non-hydrogen) atoms. The predicted octanol–water partition coefficient (Wildman–Crippen LogP) is -0.584. The summed E-state index contributed by atoms with van der Waals surface area (Å²) in [7, 11) is 0. The van der Waals surface area contributed by atoms with Gasteiger partial charge in [-0.05, 0) is 0 Å². The van der Waals surface area contributed by atoms with Crippen LogP contribution < -0.4 is 5.32 Å². The van der Waals surface area contributed by atoms with Crippen molar-refractivity contribution >= 4 is 5.97 Å². The molecule has 0 bridgehead atoms. The number of nitrogens with one attached hydrogen (secondary N) is 1. The lowest BCUT2D eigenvalue weighted by molar-refractivity contribution is -0.139. The Balaban J connectivity index is 2.05. The standard InChI is InChI=1S/C9H14N2O2/c1-9(12)13-7-3-2-5-11-6-4-10-8-11/h10H,4-8H2,1H3. The van der Waals surface area contributed by atoms with Gasteiger partial charge in [0.2, 0.25) is 0 Å². The van der Waals surface area contributed by atoms with Crippen molar-refractivity contribution < 1.29 is 9.53 Å². The number of nitrogens with zero attached hydrogens (tertiary/aromatic N) is 1. The molecule has 1 aliphatic heterocycles. The van der Waals surface area contributed by atoms with Gasteiger partial charge in [0, 0.05) is 26.7 Å². The maximum atomic E-state index is 10.4. The van der Waals surface area contributed by atoms with Crippen LogP contribution in [0.4, 0.5) is 0 Å². The molecular weight excluding hydrogens is 168 g/mol. The highest BCUT2D eigenvalue weighted by molar-refractivity contribution is 5.66. The summed E-state index contributed by atoms with van der Waals surface area (Å²) in [6.45, 7) is 5.31. The molecule has 0 spiro atoms. The summed E-state index contributed by atoms with van der Waals surface area (Å²) in [4.78, 5) is 12.5. The SMILES string of the molecule is CC(=O)OCC#CCN1CCNC1. The minimum atomic E-state index is -0.280. The van der Waals surface area contributed by atoms with Crippen molar-refractivity contribution in [3.8, 4) is 11.8 Å². The molecule has 4 heteroatoms. The Kier molecular flexibility index (Phi) is 4.30. The van der Waals surface area contributed by atoms with E-state index in [-0.39, 0.29) is 12.6 Å².